The number of rotatable bonds is 2. The van der Waals surface area contributed by atoms with E-state index in [-0.39, 0.29) is 5.56 Å². The lowest BCUT2D eigenvalue weighted by Gasteiger charge is -2.21. The fourth-order valence-electron chi connectivity index (χ4n) is 2.18. The molecule has 0 unspecified atom stereocenters. The summed E-state index contributed by atoms with van der Waals surface area (Å²) in [6, 6.07) is 2.21. The predicted octanol–water partition coefficient (Wildman–Crippen LogP) is 0.0745. The van der Waals surface area contributed by atoms with Crippen LogP contribution in [0.15, 0.2) is 23.1 Å². The molecule has 1 aromatic rings. The smallest absolute Gasteiger partial charge is 0.326 e. The van der Waals surface area contributed by atoms with Crippen LogP contribution in [0.4, 0.5) is 0 Å². The van der Waals surface area contributed by atoms with Crippen LogP contribution >= 0.6 is 0 Å². The number of likely N-dealkylation sites (tertiary alicyclic amines) is 1. The van der Waals surface area contributed by atoms with Gasteiger partial charge in [-0.1, -0.05) is 0 Å². The number of aryl methyl sites for hydroxylation is 1. The Labute approximate surface area is 103 Å². The van der Waals surface area contributed by atoms with E-state index in [4.69, 9.17) is 5.11 Å². The molecular weight excluding hydrogens is 236 g/mol. The molecule has 1 saturated heterocycles. The Morgan fingerprint density at radius 3 is 2.83 bits per heavy atom. The number of carbonyl (C=O) groups is 2. The van der Waals surface area contributed by atoms with Gasteiger partial charge in [-0.25, -0.2) is 4.79 Å². The number of aromatic nitrogens is 1. The van der Waals surface area contributed by atoms with E-state index in [1.54, 1.807) is 19.3 Å². The van der Waals surface area contributed by atoms with Crippen molar-refractivity contribution in [3.05, 3.63) is 34.2 Å². The molecule has 1 aromatic heterocycles. The number of pyridine rings is 1. The molecule has 0 bridgehead atoms. The van der Waals surface area contributed by atoms with Crippen molar-refractivity contribution in [3.8, 4) is 0 Å². The van der Waals surface area contributed by atoms with Crippen molar-refractivity contribution in [3.63, 3.8) is 0 Å². The first-order chi connectivity index (χ1) is 8.52. The highest BCUT2D eigenvalue weighted by Gasteiger charge is 2.35. The van der Waals surface area contributed by atoms with Gasteiger partial charge in [0.25, 0.3) is 11.5 Å². The summed E-state index contributed by atoms with van der Waals surface area (Å²) in [5.74, 6) is -1.52. The lowest BCUT2D eigenvalue weighted by Crippen LogP contribution is -2.42. The van der Waals surface area contributed by atoms with E-state index < -0.39 is 23.5 Å². The molecule has 2 rings (SSSR count). The largest absolute Gasteiger partial charge is 0.480 e. The summed E-state index contributed by atoms with van der Waals surface area (Å²) in [5, 5.41) is 9.03. The SMILES string of the molecule is Cn1cccc(C(=O)N2CCC[C@H]2C(=O)O)c1=O. The summed E-state index contributed by atoms with van der Waals surface area (Å²) < 4.78 is 1.30. The van der Waals surface area contributed by atoms with Crippen molar-refractivity contribution in [2.75, 3.05) is 6.54 Å². The molecule has 0 saturated carbocycles. The van der Waals surface area contributed by atoms with Gasteiger partial charge in [0.2, 0.25) is 0 Å². The second kappa shape index (κ2) is 4.64. The van der Waals surface area contributed by atoms with Gasteiger partial charge in [-0.15, -0.1) is 0 Å². The molecule has 0 radical (unpaired) electrons. The highest BCUT2D eigenvalue weighted by Crippen LogP contribution is 2.19. The monoisotopic (exact) mass is 250 g/mol. The van der Waals surface area contributed by atoms with Gasteiger partial charge in [-0.2, -0.15) is 0 Å². The molecule has 1 aliphatic heterocycles. The second-order valence-electron chi connectivity index (χ2n) is 4.33. The third kappa shape index (κ3) is 2.01. The Morgan fingerprint density at radius 1 is 1.44 bits per heavy atom. The van der Waals surface area contributed by atoms with Crippen molar-refractivity contribution in [1.82, 2.24) is 9.47 Å². The van der Waals surface area contributed by atoms with Crippen LogP contribution in [0.2, 0.25) is 0 Å². The van der Waals surface area contributed by atoms with Crippen LogP contribution in [0, 0.1) is 0 Å². The summed E-state index contributed by atoms with van der Waals surface area (Å²) in [4.78, 5) is 36.3. The fraction of sp³-hybridized carbons (Fsp3) is 0.417. The lowest BCUT2D eigenvalue weighted by atomic mass is 10.2. The standard InChI is InChI=1S/C12H14N2O4/c1-13-6-2-4-8(10(13)15)11(16)14-7-3-5-9(14)12(17)18/h2,4,6,9H,3,5,7H2,1H3,(H,17,18)/t9-/m0/s1. The molecule has 1 fully saturated rings. The van der Waals surface area contributed by atoms with Gasteiger partial charge in [0.15, 0.2) is 0 Å². The molecule has 2 heterocycles. The summed E-state index contributed by atoms with van der Waals surface area (Å²) in [7, 11) is 1.55. The zero-order chi connectivity index (χ0) is 13.3. The van der Waals surface area contributed by atoms with E-state index >= 15 is 0 Å². The number of amides is 1. The van der Waals surface area contributed by atoms with Crippen LogP contribution in [0.25, 0.3) is 0 Å². The Hall–Kier alpha value is -2.11. The molecule has 1 atom stereocenters. The van der Waals surface area contributed by atoms with E-state index in [2.05, 4.69) is 0 Å². The van der Waals surface area contributed by atoms with Crippen LogP contribution in [-0.4, -0.2) is 39.0 Å². The summed E-state index contributed by atoms with van der Waals surface area (Å²) in [5.41, 5.74) is -0.383. The minimum Gasteiger partial charge on any atom is -0.480 e. The highest BCUT2D eigenvalue weighted by atomic mass is 16.4. The summed E-state index contributed by atoms with van der Waals surface area (Å²) in [6.07, 6.45) is 2.64. The van der Waals surface area contributed by atoms with Crippen LogP contribution in [0.1, 0.15) is 23.2 Å². The quantitative estimate of drug-likeness (QED) is 0.805. The number of hydrogen-bond donors (Lipinski definition) is 1. The van der Waals surface area contributed by atoms with E-state index in [0.29, 0.717) is 19.4 Å². The average molecular weight is 250 g/mol. The molecule has 6 nitrogen and oxygen atoms in total. The van der Waals surface area contributed by atoms with E-state index in [9.17, 15) is 14.4 Å². The molecule has 0 aromatic carbocycles. The lowest BCUT2D eigenvalue weighted by molar-refractivity contribution is -0.141. The fourth-order valence-corrected chi connectivity index (χ4v) is 2.18. The van der Waals surface area contributed by atoms with Crippen molar-refractivity contribution in [1.29, 1.82) is 0 Å². The normalized spacial score (nSPS) is 18.9. The number of carboxylic acid groups (broad SMARTS) is 1. The number of nitrogens with zero attached hydrogens (tertiary/aromatic N) is 2. The number of hydrogen-bond acceptors (Lipinski definition) is 3. The molecule has 0 aliphatic carbocycles. The second-order valence-corrected chi connectivity index (χ2v) is 4.33. The van der Waals surface area contributed by atoms with Crippen LogP contribution in [0.5, 0.6) is 0 Å². The number of carboxylic acids is 1. The zero-order valence-corrected chi connectivity index (χ0v) is 10.00. The van der Waals surface area contributed by atoms with Gasteiger partial charge in [0, 0.05) is 19.8 Å². The molecule has 96 valence electrons. The third-order valence-corrected chi connectivity index (χ3v) is 3.15. The van der Waals surface area contributed by atoms with Gasteiger partial charge in [-0.05, 0) is 25.0 Å². The molecule has 1 aliphatic rings. The zero-order valence-electron chi connectivity index (χ0n) is 10.00. The Morgan fingerprint density at radius 2 is 2.17 bits per heavy atom. The summed E-state index contributed by atoms with van der Waals surface area (Å²) >= 11 is 0. The Balaban J connectivity index is 2.34. The maximum absolute atomic E-state index is 12.2. The van der Waals surface area contributed by atoms with Gasteiger partial charge in [0.05, 0.1) is 0 Å². The van der Waals surface area contributed by atoms with Crippen LogP contribution < -0.4 is 5.56 Å². The molecule has 1 amide bonds. The first-order valence-corrected chi connectivity index (χ1v) is 5.72. The van der Waals surface area contributed by atoms with Crippen molar-refractivity contribution in [2.45, 2.75) is 18.9 Å². The molecule has 0 spiro atoms. The van der Waals surface area contributed by atoms with Gasteiger partial charge in [-0.3, -0.25) is 9.59 Å². The van der Waals surface area contributed by atoms with Crippen LogP contribution in [0.3, 0.4) is 0 Å². The summed E-state index contributed by atoms with van der Waals surface area (Å²) in [6.45, 7) is 0.383. The third-order valence-electron chi connectivity index (χ3n) is 3.15. The van der Waals surface area contributed by atoms with Crippen LogP contribution in [-0.2, 0) is 11.8 Å². The Bertz CT molecular complexity index is 549. The number of aliphatic carboxylic acids is 1. The van der Waals surface area contributed by atoms with Crippen molar-refractivity contribution < 1.29 is 14.7 Å². The minimum atomic E-state index is -1.02. The maximum atomic E-state index is 12.2. The maximum Gasteiger partial charge on any atom is 0.326 e. The predicted molar refractivity (Wildman–Crippen MR) is 63.4 cm³/mol. The van der Waals surface area contributed by atoms with E-state index in [1.807, 2.05) is 0 Å². The average Bonchev–Trinajstić information content (AvgIpc) is 2.81. The van der Waals surface area contributed by atoms with Crippen molar-refractivity contribution in [2.24, 2.45) is 7.05 Å². The first-order valence-electron chi connectivity index (χ1n) is 5.72. The molecule has 6 heteroatoms. The van der Waals surface area contributed by atoms with E-state index in [1.165, 1.54) is 15.5 Å². The first kappa shape index (κ1) is 12.3. The molecule has 1 N–H and O–H groups in total. The van der Waals surface area contributed by atoms with E-state index in [0.717, 1.165) is 0 Å². The van der Waals surface area contributed by atoms with Crippen molar-refractivity contribution >= 4 is 11.9 Å². The van der Waals surface area contributed by atoms with Gasteiger partial charge >= 0.3 is 5.97 Å². The van der Waals surface area contributed by atoms with Gasteiger partial charge in [0.1, 0.15) is 11.6 Å². The topological polar surface area (TPSA) is 79.6 Å². The molecular formula is C12H14N2O4. The minimum absolute atomic E-state index is 0.0214. The van der Waals surface area contributed by atoms with Gasteiger partial charge < -0.3 is 14.6 Å². The number of carbonyl (C=O) groups excluding carboxylic acids is 1. The highest BCUT2D eigenvalue weighted by molar-refractivity contribution is 5.96. The Kier molecular flexibility index (Phi) is 3.18. The molecule has 18 heavy (non-hydrogen) atoms.